The standard InChI is InChI=1S/C18H22Cl2N2O2/c1-10(24-16-7-5-12(19)9-14(16)20)17(23)22-21-15-8-11-4-6-13(15)18(11,2)3/h5,7,9-11,13H,4,6,8H2,1-3H3,(H,22,23)/b21-15-/t10-,11+,13+/m0/s1. The summed E-state index contributed by atoms with van der Waals surface area (Å²) in [6.45, 7) is 6.27. The summed E-state index contributed by atoms with van der Waals surface area (Å²) < 4.78 is 5.61. The van der Waals surface area contributed by atoms with Crippen LogP contribution < -0.4 is 10.2 Å². The number of amides is 1. The number of benzene rings is 1. The van der Waals surface area contributed by atoms with Gasteiger partial charge in [-0.2, -0.15) is 5.10 Å². The van der Waals surface area contributed by atoms with Gasteiger partial charge in [0.25, 0.3) is 5.91 Å². The minimum absolute atomic E-state index is 0.283. The average Bonchev–Trinajstić information content (AvgIpc) is 2.95. The molecule has 1 amide bonds. The Morgan fingerprint density at radius 3 is 2.71 bits per heavy atom. The maximum atomic E-state index is 12.2. The van der Waals surface area contributed by atoms with Crippen LogP contribution in [0.25, 0.3) is 0 Å². The fourth-order valence-corrected chi connectivity index (χ4v) is 4.36. The van der Waals surface area contributed by atoms with E-state index in [9.17, 15) is 4.79 Å². The maximum Gasteiger partial charge on any atom is 0.280 e. The highest BCUT2D eigenvalue weighted by Gasteiger charge is 2.51. The van der Waals surface area contributed by atoms with Crippen LogP contribution in [0.15, 0.2) is 23.3 Å². The summed E-state index contributed by atoms with van der Waals surface area (Å²) in [5, 5.41) is 5.28. The van der Waals surface area contributed by atoms with Gasteiger partial charge in [-0.05, 0) is 55.7 Å². The van der Waals surface area contributed by atoms with Crippen molar-refractivity contribution in [2.24, 2.45) is 22.4 Å². The molecule has 2 aliphatic rings. The molecule has 0 radical (unpaired) electrons. The van der Waals surface area contributed by atoms with Crippen molar-refractivity contribution in [3.63, 3.8) is 0 Å². The second-order valence-corrected chi connectivity index (χ2v) is 8.11. The minimum atomic E-state index is -0.695. The van der Waals surface area contributed by atoms with Crippen molar-refractivity contribution in [1.29, 1.82) is 0 Å². The van der Waals surface area contributed by atoms with Gasteiger partial charge in [0.15, 0.2) is 6.10 Å². The lowest BCUT2D eigenvalue weighted by atomic mass is 9.82. The molecule has 24 heavy (non-hydrogen) atoms. The molecule has 2 saturated carbocycles. The number of ether oxygens (including phenoxy) is 1. The SMILES string of the molecule is C[C@H](Oc1ccc(Cl)cc1Cl)C(=O)N/N=C1/C[C@H]2CC[C@H]1C2(C)C. The van der Waals surface area contributed by atoms with Gasteiger partial charge in [-0.3, -0.25) is 4.79 Å². The molecule has 2 bridgehead atoms. The van der Waals surface area contributed by atoms with Crippen LogP contribution in [0.2, 0.25) is 10.0 Å². The quantitative estimate of drug-likeness (QED) is 0.783. The molecule has 0 unspecified atom stereocenters. The van der Waals surface area contributed by atoms with Gasteiger partial charge in [-0.25, -0.2) is 5.43 Å². The third-order valence-electron chi connectivity index (χ3n) is 5.49. The molecule has 0 saturated heterocycles. The number of carbonyl (C=O) groups is 1. The van der Waals surface area contributed by atoms with Gasteiger partial charge in [-0.15, -0.1) is 0 Å². The third-order valence-corrected chi connectivity index (χ3v) is 6.02. The van der Waals surface area contributed by atoms with Gasteiger partial charge in [0, 0.05) is 16.7 Å². The van der Waals surface area contributed by atoms with Gasteiger partial charge >= 0.3 is 0 Å². The third kappa shape index (κ3) is 3.27. The van der Waals surface area contributed by atoms with Crippen molar-refractivity contribution < 1.29 is 9.53 Å². The van der Waals surface area contributed by atoms with Crippen molar-refractivity contribution in [3.05, 3.63) is 28.2 Å². The predicted molar refractivity (Wildman–Crippen MR) is 96.7 cm³/mol. The molecule has 0 heterocycles. The van der Waals surface area contributed by atoms with Gasteiger partial charge in [0.2, 0.25) is 0 Å². The van der Waals surface area contributed by atoms with Gasteiger partial charge < -0.3 is 4.74 Å². The highest BCUT2D eigenvalue weighted by molar-refractivity contribution is 6.35. The summed E-state index contributed by atoms with van der Waals surface area (Å²) in [5.41, 5.74) is 4.06. The van der Waals surface area contributed by atoms with Crippen LogP contribution in [0.3, 0.4) is 0 Å². The van der Waals surface area contributed by atoms with Gasteiger partial charge in [0.05, 0.1) is 5.02 Å². The van der Waals surface area contributed by atoms with E-state index >= 15 is 0 Å². The Morgan fingerprint density at radius 1 is 1.38 bits per heavy atom. The first-order valence-corrected chi connectivity index (χ1v) is 9.02. The molecule has 4 nitrogen and oxygen atoms in total. The number of nitrogens with zero attached hydrogens (tertiary/aromatic N) is 1. The topological polar surface area (TPSA) is 50.7 Å². The first-order valence-electron chi connectivity index (χ1n) is 8.27. The van der Waals surface area contributed by atoms with Crippen LogP contribution in [0.1, 0.15) is 40.0 Å². The predicted octanol–water partition coefficient (Wildman–Crippen LogP) is 4.69. The molecule has 1 aromatic rings. The molecule has 1 N–H and O–H groups in total. The Labute approximate surface area is 152 Å². The first-order chi connectivity index (χ1) is 11.3. The first kappa shape index (κ1) is 17.6. The Hall–Kier alpha value is -1.26. The van der Waals surface area contributed by atoms with Crippen molar-refractivity contribution >= 4 is 34.8 Å². The van der Waals surface area contributed by atoms with Crippen molar-refractivity contribution in [3.8, 4) is 5.75 Å². The summed E-state index contributed by atoms with van der Waals surface area (Å²) in [6.07, 6.45) is 2.72. The molecule has 0 aromatic heterocycles. The van der Waals surface area contributed by atoms with Crippen LogP contribution in [-0.4, -0.2) is 17.7 Å². The van der Waals surface area contributed by atoms with Crippen LogP contribution in [-0.2, 0) is 4.79 Å². The van der Waals surface area contributed by atoms with Crippen molar-refractivity contribution in [2.75, 3.05) is 0 Å². The number of nitrogens with one attached hydrogen (secondary N) is 1. The molecule has 3 atom stereocenters. The minimum Gasteiger partial charge on any atom is -0.479 e. The Bertz CT molecular complexity index is 688. The Kier molecular flexibility index (Phi) is 4.80. The molecular weight excluding hydrogens is 347 g/mol. The monoisotopic (exact) mass is 368 g/mol. The van der Waals surface area contributed by atoms with E-state index in [1.807, 2.05) is 0 Å². The average molecular weight is 369 g/mol. The highest BCUT2D eigenvalue weighted by atomic mass is 35.5. The molecule has 2 aliphatic carbocycles. The number of carbonyl (C=O) groups excluding carboxylic acids is 1. The molecule has 0 spiro atoms. The van der Waals surface area contributed by atoms with E-state index in [1.165, 1.54) is 12.8 Å². The van der Waals surface area contributed by atoms with Gasteiger partial charge in [0.1, 0.15) is 5.75 Å². The molecule has 2 fully saturated rings. The summed E-state index contributed by atoms with van der Waals surface area (Å²) in [6, 6.07) is 4.91. The van der Waals surface area contributed by atoms with Crippen LogP contribution >= 0.6 is 23.2 Å². The second-order valence-electron chi connectivity index (χ2n) is 7.27. The zero-order valence-corrected chi connectivity index (χ0v) is 15.6. The van der Waals surface area contributed by atoms with Crippen LogP contribution in [0.5, 0.6) is 5.75 Å². The number of rotatable bonds is 4. The van der Waals surface area contributed by atoms with E-state index < -0.39 is 6.10 Å². The zero-order valence-electron chi connectivity index (χ0n) is 14.1. The highest BCUT2D eigenvalue weighted by Crippen LogP contribution is 2.55. The molecule has 130 valence electrons. The fraction of sp³-hybridized carbons (Fsp3) is 0.556. The lowest BCUT2D eigenvalue weighted by Crippen LogP contribution is -2.34. The van der Waals surface area contributed by atoms with Crippen molar-refractivity contribution in [1.82, 2.24) is 5.43 Å². The Balaban J connectivity index is 1.60. The second kappa shape index (κ2) is 6.57. The smallest absolute Gasteiger partial charge is 0.280 e. The number of hydrogen-bond donors (Lipinski definition) is 1. The largest absolute Gasteiger partial charge is 0.479 e. The van der Waals surface area contributed by atoms with Crippen molar-refractivity contribution in [2.45, 2.75) is 46.1 Å². The van der Waals surface area contributed by atoms with E-state index in [0.29, 0.717) is 33.0 Å². The molecule has 1 aromatic carbocycles. The molecule has 6 heteroatoms. The lowest BCUT2D eigenvalue weighted by molar-refractivity contribution is -0.127. The zero-order chi connectivity index (χ0) is 17.5. The number of halogens is 2. The van der Waals surface area contributed by atoms with E-state index in [-0.39, 0.29) is 5.91 Å². The summed E-state index contributed by atoms with van der Waals surface area (Å²) in [4.78, 5) is 12.2. The maximum absolute atomic E-state index is 12.2. The Morgan fingerprint density at radius 2 is 2.12 bits per heavy atom. The summed E-state index contributed by atoms with van der Waals surface area (Å²) in [7, 11) is 0. The van der Waals surface area contributed by atoms with E-state index in [4.69, 9.17) is 27.9 Å². The molecular formula is C18H22Cl2N2O2. The number of fused-ring (bicyclic) bond motifs is 2. The normalized spacial score (nSPS) is 27.3. The van der Waals surface area contributed by atoms with E-state index in [1.54, 1.807) is 25.1 Å². The van der Waals surface area contributed by atoms with E-state index in [2.05, 4.69) is 24.4 Å². The number of hydrazone groups is 1. The lowest BCUT2D eigenvalue weighted by Gasteiger charge is -2.23. The molecule has 3 rings (SSSR count). The fourth-order valence-electron chi connectivity index (χ4n) is 3.91. The number of hydrogen-bond acceptors (Lipinski definition) is 3. The summed E-state index contributed by atoms with van der Waals surface area (Å²) >= 11 is 11.9. The van der Waals surface area contributed by atoms with Crippen LogP contribution in [0.4, 0.5) is 0 Å². The van der Waals surface area contributed by atoms with Gasteiger partial charge in [-0.1, -0.05) is 37.0 Å². The van der Waals surface area contributed by atoms with Crippen LogP contribution in [0, 0.1) is 17.3 Å². The van der Waals surface area contributed by atoms with E-state index in [0.717, 1.165) is 12.1 Å². The molecule has 0 aliphatic heterocycles. The summed E-state index contributed by atoms with van der Waals surface area (Å²) in [5.74, 6) is 1.30.